The van der Waals surface area contributed by atoms with Gasteiger partial charge in [0.1, 0.15) is 13.2 Å². The SMILES string of the molecule is C[C@@H](NC(=O)CSCc1ccc(C(=O)N2CCCC2)cc1)c1ccc2c(c1)OCCO2. The number of likely N-dealkylation sites (tertiary alicyclic amines) is 1. The van der Waals surface area contributed by atoms with Crippen LogP contribution in [-0.2, 0) is 10.5 Å². The minimum absolute atomic E-state index is 0.00628. The highest BCUT2D eigenvalue weighted by Gasteiger charge is 2.19. The molecule has 1 fully saturated rings. The summed E-state index contributed by atoms with van der Waals surface area (Å²) >= 11 is 1.56. The molecule has 4 rings (SSSR count). The number of nitrogens with one attached hydrogen (secondary N) is 1. The van der Waals surface area contributed by atoms with E-state index in [2.05, 4.69) is 5.32 Å². The summed E-state index contributed by atoms with van der Waals surface area (Å²) in [7, 11) is 0. The van der Waals surface area contributed by atoms with Crippen LogP contribution >= 0.6 is 11.8 Å². The number of hydrogen-bond acceptors (Lipinski definition) is 5. The average molecular weight is 441 g/mol. The van der Waals surface area contributed by atoms with E-state index in [-0.39, 0.29) is 17.9 Å². The van der Waals surface area contributed by atoms with Gasteiger partial charge in [-0.15, -0.1) is 11.8 Å². The first kappa shape index (κ1) is 21.6. The van der Waals surface area contributed by atoms with Gasteiger partial charge in [-0.2, -0.15) is 0 Å². The molecule has 6 nitrogen and oxygen atoms in total. The number of nitrogens with zero attached hydrogens (tertiary/aromatic N) is 1. The predicted octanol–water partition coefficient (Wildman–Crippen LogP) is 3.80. The number of rotatable bonds is 7. The molecule has 1 atom stereocenters. The minimum Gasteiger partial charge on any atom is -0.486 e. The zero-order valence-corrected chi connectivity index (χ0v) is 18.6. The van der Waals surface area contributed by atoms with Gasteiger partial charge < -0.3 is 19.7 Å². The number of carbonyl (C=O) groups is 2. The molecule has 0 unspecified atom stereocenters. The van der Waals surface area contributed by atoms with Crippen molar-refractivity contribution in [2.24, 2.45) is 0 Å². The van der Waals surface area contributed by atoms with Gasteiger partial charge in [-0.25, -0.2) is 0 Å². The van der Waals surface area contributed by atoms with Crippen LogP contribution in [0.3, 0.4) is 0 Å². The van der Waals surface area contributed by atoms with Crippen molar-refractivity contribution in [2.45, 2.75) is 31.6 Å². The summed E-state index contributed by atoms with van der Waals surface area (Å²) in [4.78, 5) is 26.7. The molecule has 1 saturated heterocycles. The highest BCUT2D eigenvalue weighted by molar-refractivity contribution is 7.99. The van der Waals surface area contributed by atoms with Crippen molar-refractivity contribution in [3.8, 4) is 11.5 Å². The van der Waals surface area contributed by atoms with Crippen LogP contribution in [-0.4, -0.2) is 48.8 Å². The number of benzene rings is 2. The fourth-order valence-corrected chi connectivity index (χ4v) is 4.60. The Balaban J connectivity index is 1.22. The highest BCUT2D eigenvalue weighted by Crippen LogP contribution is 2.32. The van der Waals surface area contributed by atoms with Gasteiger partial charge in [0.2, 0.25) is 5.91 Å². The first-order valence-electron chi connectivity index (χ1n) is 10.7. The van der Waals surface area contributed by atoms with E-state index >= 15 is 0 Å². The zero-order valence-electron chi connectivity index (χ0n) is 17.8. The van der Waals surface area contributed by atoms with Gasteiger partial charge in [0.15, 0.2) is 11.5 Å². The third-order valence-electron chi connectivity index (χ3n) is 5.54. The largest absolute Gasteiger partial charge is 0.486 e. The molecule has 0 bridgehead atoms. The van der Waals surface area contributed by atoms with E-state index < -0.39 is 0 Å². The second kappa shape index (κ2) is 10.1. The first-order chi connectivity index (χ1) is 15.1. The van der Waals surface area contributed by atoms with Crippen LogP contribution in [0.15, 0.2) is 42.5 Å². The Labute approximate surface area is 187 Å². The smallest absolute Gasteiger partial charge is 0.253 e. The topological polar surface area (TPSA) is 67.9 Å². The van der Waals surface area contributed by atoms with Crippen molar-refractivity contribution >= 4 is 23.6 Å². The second-order valence-electron chi connectivity index (χ2n) is 7.88. The van der Waals surface area contributed by atoms with E-state index in [1.54, 1.807) is 11.8 Å². The van der Waals surface area contributed by atoms with Crippen molar-refractivity contribution in [1.82, 2.24) is 10.2 Å². The Morgan fingerprint density at radius 2 is 1.74 bits per heavy atom. The molecule has 31 heavy (non-hydrogen) atoms. The Bertz CT molecular complexity index is 926. The van der Waals surface area contributed by atoms with E-state index in [4.69, 9.17) is 9.47 Å². The molecule has 0 aliphatic carbocycles. The van der Waals surface area contributed by atoms with Crippen LogP contribution < -0.4 is 14.8 Å². The van der Waals surface area contributed by atoms with E-state index in [0.717, 1.165) is 59.9 Å². The van der Waals surface area contributed by atoms with E-state index in [1.165, 1.54) is 0 Å². The second-order valence-corrected chi connectivity index (χ2v) is 8.87. The molecule has 2 aromatic carbocycles. The van der Waals surface area contributed by atoms with Crippen molar-refractivity contribution in [3.63, 3.8) is 0 Å². The molecular formula is C24H28N2O4S. The molecule has 2 heterocycles. The number of carbonyl (C=O) groups excluding carboxylic acids is 2. The maximum Gasteiger partial charge on any atom is 0.253 e. The van der Waals surface area contributed by atoms with Crippen LogP contribution in [0.5, 0.6) is 11.5 Å². The normalized spacial score (nSPS) is 16.1. The Morgan fingerprint density at radius 1 is 1.03 bits per heavy atom. The fraction of sp³-hybridized carbons (Fsp3) is 0.417. The third kappa shape index (κ3) is 5.53. The van der Waals surface area contributed by atoms with Gasteiger partial charge in [0.25, 0.3) is 5.91 Å². The zero-order chi connectivity index (χ0) is 21.6. The standard InChI is InChI=1S/C24H28N2O4S/c1-17(20-8-9-21-22(14-20)30-13-12-29-21)25-23(27)16-31-15-18-4-6-19(7-5-18)24(28)26-10-2-3-11-26/h4-9,14,17H,2-3,10-13,15-16H2,1H3,(H,25,27)/t17-/m1/s1. The third-order valence-corrected chi connectivity index (χ3v) is 6.54. The van der Waals surface area contributed by atoms with Crippen LogP contribution in [0, 0.1) is 0 Å². The van der Waals surface area contributed by atoms with E-state index in [1.807, 2.05) is 54.3 Å². The van der Waals surface area contributed by atoms with Gasteiger partial charge in [-0.3, -0.25) is 9.59 Å². The van der Waals surface area contributed by atoms with Crippen LogP contribution in [0.25, 0.3) is 0 Å². The van der Waals surface area contributed by atoms with Crippen LogP contribution in [0.2, 0.25) is 0 Å². The maximum absolute atomic E-state index is 12.4. The monoisotopic (exact) mass is 440 g/mol. The van der Waals surface area contributed by atoms with Crippen LogP contribution in [0.1, 0.15) is 47.3 Å². The lowest BCUT2D eigenvalue weighted by Crippen LogP contribution is -2.28. The van der Waals surface area contributed by atoms with Crippen LogP contribution in [0.4, 0.5) is 0 Å². The molecule has 0 aromatic heterocycles. The molecule has 7 heteroatoms. The van der Waals surface area contributed by atoms with Gasteiger partial charge in [-0.1, -0.05) is 18.2 Å². The van der Waals surface area contributed by atoms with Gasteiger partial charge >= 0.3 is 0 Å². The number of ether oxygens (including phenoxy) is 2. The van der Waals surface area contributed by atoms with Crippen molar-refractivity contribution < 1.29 is 19.1 Å². The summed E-state index contributed by atoms with van der Waals surface area (Å²) < 4.78 is 11.2. The van der Waals surface area contributed by atoms with Gasteiger partial charge in [0.05, 0.1) is 11.8 Å². The first-order valence-corrected chi connectivity index (χ1v) is 11.9. The summed E-state index contributed by atoms with van der Waals surface area (Å²) in [6, 6.07) is 13.4. The summed E-state index contributed by atoms with van der Waals surface area (Å²) in [6.07, 6.45) is 2.19. The number of amides is 2. The lowest BCUT2D eigenvalue weighted by atomic mass is 10.1. The quantitative estimate of drug-likeness (QED) is 0.709. The van der Waals surface area contributed by atoms with E-state index in [9.17, 15) is 9.59 Å². The number of thioether (sulfide) groups is 1. The van der Waals surface area contributed by atoms with Crippen molar-refractivity contribution in [1.29, 1.82) is 0 Å². The fourth-order valence-electron chi connectivity index (χ4n) is 3.80. The summed E-state index contributed by atoms with van der Waals surface area (Å²) in [5, 5.41) is 3.04. The molecule has 2 amide bonds. The van der Waals surface area contributed by atoms with Gasteiger partial charge in [-0.05, 0) is 55.2 Å². The minimum atomic E-state index is -0.111. The molecule has 2 aromatic rings. The van der Waals surface area contributed by atoms with E-state index in [0.29, 0.717) is 19.0 Å². The van der Waals surface area contributed by atoms with Crippen molar-refractivity contribution in [3.05, 3.63) is 59.2 Å². The molecule has 2 aliphatic rings. The maximum atomic E-state index is 12.4. The molecule has 0 saturated carbocycles. The lowest BCUT2D eigenvalue weighted by molar-refractivity contribution is -0.119. The molecule has 2 aliphatic heterocycles. The molecule has 0 radical (unpaired) electrons. The Hall–Kier alpha value is -2.67. The number of fused-ring (bicyclic) bond motifs is 1. The summed E-state index contributed by atoms with van der Waals surface area (Å²) in [5.74, 6) is 2.69. The molecule has 0 spiro atoms. The predicted molar refractivity (Wildman–Crippen MR) is 122 cm³/mol. The molecule has 1 N–H and O–H groups in total. The Morgan fingerprint density at radius 3 is 2.48 bits per heavy atom. The summed E-state index contributed by atoms with van der Waals surface area (Å²) in [6.45, 7) is 4.78. The molecule has 164 valence electrons. The Kier molecular flexibility index (Phi) is 7.02. The summed E-state index contributed by atoms with van der Waals surface area (Å²) in [5.41, 5.74) is 2.83. The lowest BCUT2D eigenvalue weighted by Gasteiger charge is -2.21. The highest BCUT2D eigenvalue weighted by atomic mass is 32.2. The number of hydrogen-bond donors (Lipinski definition) is 1. The average Bonchev–Trinajstić information content (AvgIpc) is 3.34. The molecular weight excluding hydrogens is 412 g/mol. The van der Waals surface area contributed by atoms with Gasteiger partial charge in [0, 0.05) is 24.4 Å². The van der Waals surface area contributed by atoms with Crippen molar-refractivity contribution in [2.75, 3.05) is 32.1 Å².